The maximum atomic E-state index is 13.0. The van der Waals surface area contributed by atoms with Gasteiger partial charge in [0.25, 0.3) is 0 Å². The van der Waals surface area contributed by atoms with Gasteiger partial charge in [0.05, 0.1) is 12.9 Å². The van der Waals surface area contributed by atoms with Gasteiger partial charge in [0.2, 0.25) is 0 Å². The Morgan fingerprint density at radius 2 is 2.31 bits per heavy atom. The van der Waals surface area contributed by atoms with E-state index in [4.69, 9.17) is 4.74 Å². The van der Waals surface area contributed by atoms with Gasteiger partial charge in [-0.3, -0.25) is 0 Å². The molecular weight excluding hydrogens is 207 g/mol. The van der Waals surface area contributed by atoms with E-state index in [1.165, 1.54) is 6.07 Å². The fraction of sp³-hybridized carbons (Fsp3) is 0.250. The summed E-state index contributed by atoms with van der Waals surface area (Å²) in [6.45, 7) is 3.00. The van der Waals surface area contributed by atoms with E-state index in [0.29, 0.717) is 17.9 Å². The van der Waals surface area contributed by atoms with E-state index >= 15 is 0 Å². The highest BCUT2D eigenvalue weighted by molar-refractivity contribution is 5.28. The molecule has 4 heteroatoms. The molecule has 84 valence electrons. The van der Waals surface area contributed by atoms with Crippen LogP contribution in [0.2, 0.25) is 0 Å². The smallest absolute Gasteiger partial charge is 0.126 e. The zero-order chi connectivity index (χ0) is 11.4. The first-order valence-electron chi connectivity index (χ1n) is 5.10. The SMILES string of the molecule is Cc1cc(OCCn2ccnc2)ccc1F. The zero-order valence-electron chi connectivity index (χ0n) is 9.06. The van der Waals surface area contributed by atoms with Crippen molar-refractivity contribution >= 4 is 0 Å². The summed E-state index contributed by atoms with van der Waals surface area (Å²) in [5, 5.41) is 0. The summed E-state index contributed by atoms with van der Waals surface area (Å²) in [5.41, 5.74) is 0.597. The van der Waals surface area contributed by atoms with Crippen LogP contribution in [0.15, 0.2) is 36.9 Å². The second-order valence-electron chi connectivity index (χ2n) is 3.56. The summed E-state index contributed by atoms with van der Waals surface area (Å²) in [6, 6.07) is 4.75. The van der Waals surface area contributed by atoms with Crippen LogP contribution in [0.25, 0.3) is 0 Å². The van der Waals surface area contributed by atoms with Gasteiger partial charge in [0.15, 0.2) is 0 Å². The quantitative estimate of drug-likeness (QED) is 0.791. The molecule has 0 radical (unpaired) electrons. The minimum absolute atomic E-state index is 0.207. The number of imidazole rings is 1. The number of benzene rings is 1. The van der Waals surface area contributed by atoms with Crippen LogP contribution in [0.1, 0.15) is 5.56 Å². The molecule has 0 amide bonds. The Morgan fingerprint density at radius 3 is 3.00 bits per heavy atom. The van der Waals surface area contributed by atoms with E-state index < -0.39 is 0 Å². The first-order chi connectivity index (χ1) is 7.75. The Bertz CT molecular complexity index is 454. The van der Waals surface area contributed by atoms with Gasteiger partial charge in [-0.2, -0.15) is 0 Å². The Morgan fingerprint density at radius 1 is 1.44 bits per heavy atom. The van der Waals surface area contributed by atoms with E-state index in [-0.39, 0.29) is 5.82 Å². The Hall–Kier alpha value is -1.84. The summed E-state index contributed by atoms with van der Waals surface area (Å²) in [5.74, 6) is 0.487. The van der Waals surface area contributed by atoms with Gasteiger partial charge in [-0.05, 0) is 30.7 Å². The molecule has 0 saturated heterocycles. The van der Waals surface area contributed by atoms with Gasteiger partial charge in [-0.15, -0.1) is 0 Å². The highest BCUT2D eigenvalue weighted by atomic mass is 19.1. The zero-order valence-corrected chi connectivity index (χ0v) is 9.06. The number of hydrogen-bond donors (Lipinski definition) is 0. The van der Waals surface area contributed by atoms with Gasteiger partial charge in [-0.25, -0.2) is 9.37 Å². The Balaban J connectivity index is 1.87. The lowest BCUT2D eigenvalue weighted by Crippen LogP contribution is -2.06. The van der Waals surface area contributed by atoms with Crippen molar-refractivity contribution in [2.24, 2.45) is 0 Å². The predicted molar refractivity (Wildman–Crippen MR) is 58.9 cm³/mol. The van der Waals surface area contributed by atoms with Gasteiger partial charge < -0.3 is 9.30 Å². The molecule has 1 aromatic heterocycles. The molecule has 0 atom stereocenters. The largest absolute Gasteiger partial charge is 0.492 e. The molecule has 0 bridgehead atoms. The van der Waals surface area contributed by atoms with E-state index in [9.17, 15) is 4.39 Å². The first kappa shape index (κ1) is 10.7. The number of aryl methyl sites for hydroxylation is 1. The normalized spacial score (nSPS) is 10.4. The molecular formula is C12H13FN2O. The third-order valence-corrected chi connectivity index (χ3v) is 2.31. The van der Waals surface area contributed by atoms with Crippen molar-refractivity contribution in [3.8, 4) is 5.75 Å². The lowest BCUT2D eigenvalue weighted by atomic mass is 10.2. The summed E-state index contributed by atoms with van der Waals surface area (Å²) in [4.78, 5) is 3.93. The fourth-order valence-corrected chi connectivity index (χ4v) is 1.39. The fourth-order valence-electron chi connectivity index (χ4n) is 1.39. The number of rotatable bonds is 4. The number of aromatic nitrogens is 2. The van der Waals surface area contributed by atoms with Crippen molar-refractivity contribution in [3.63, 3.8) is 0 Å². The molecule has 0 aliphatic rings. The molecule has 0 N–H and O–H groups in total. The summed E-state index contributed by atoms with van der Waals surface area (Å²) >= 11 is 0. The Labute approximate surface area is 93.5 Å². The molecule has 2 aromatic rings. The molecule has 2 rings (SSSR count). The van der Waals surface area contributed by atoms with Crippen LogP contribution < -0.4 is 4.74 Å². The van der Waals surface area contributed by atoms with Crippen molar-refractivity contribution < 1.29 is 9.13 Å². The van der Waals surface area contributed by atoms with Crippen LogP contribution >= 0.6 is 0 Å². The standard InChI is InChI=1S/C12H13FN2O/c1-10-8-11(2-3-12(10)13)16-7-6-15-5-4-14-9-15/h2-5,8-9H,6-7H2,1H3. The van der Waals surface area contributed by atoms with Gasteiger partial charge in [0.1, 0.15) is 18.2 Å². The maximum absolute atomic E-state index is 13.0. The lowest BCUT2D eigenvalue weighted by molar-refractivity contribution is 0.297. The van der Waals surface area contributed by atoms with E-state index in [1.54, 1.807) is 31.6 Å². The molecule has 0 unspecified atom stereocenters. The van der Waals surface area contributed by atoms with E-state index in [1.807, 2.05) is 10.8 Å². The highest BCUT2D eigenvalue weighted by Crippen LogP contribution is 2.15. The second-order valence-corrected chi connectivity index (χ2v) is 3.56. The van der Waals surface area contributed by atoms with Crippen LogP contribution in [0.3, 0.4) is 0 Å². The third-order valence-electron chi connectivity index (χ3n) is 2.31. The van der Waals surface area contributed by atoms with Gasteiger partial charge in [-0.1, -0.05) is 0 Å². The second kappa shape index (κ2) is 4.79. The maximum Gasteiger partial charge on any atom is 0.126 e. The number of halogens is 1. The van der Waals surface area contributed by atoms with Crippen LogP contribution in [-0.4, -0.2) is 16.2 Å². The summed E-state index contributed by atoms with van der Waals surface area (Å²) in [7, 11) is 0. The van der Waals surface area contributed by atoms with Crippen LogP contribution in [-0.2, 0) is 6.54 Å². The molecule has 16 heavy (non-hydrogen) atoms. The average molecular weight is 220 g/mol. The molecule has 0 saturated carbocycles. The molecule has 1 heterocycles. The molecule has 3 nitrogen and oxygen atoms in total. The summed E-state index contributed by atoms with van der Waals surface area (Å²) in [6.07, 6.45) is 5.33. The molecule has 0 aliphatic carbocycles. The van der Waals surface area contributed by atoms with Gasteiger partial charge >= 0.3 is 0 Å². The van der Waals surface area contributed by atoms with Crippen molar-refractivity contribution in [3.05, 3.63) is 48.3 Å². The van der Waals surface area contributed by atoms with Crippen LogP contribution in [0.5, 0.6) is 5.75 Å². The van der Waals surface area contributed by atoms with Crippen molar-refractivity contribution in [1.82, 2.24) is 9.55 Å². The average Bonchev–Trinajstić information content (AvgIpc) is 2.76. The van der Waals surface area contributed by atoms with E-state index in [2.05, 4.69) is 4.98 Å². The molecule has 0 fully saturated rings. The first-order valence-corrected chi connectivity index (χ1v) is 5.10. The van der Waals surface area contributed by atoms with Crippen LogP contribution in [0.4, 0.5) is 4.39 Å². The predicted octanol–water partition coefficient (Wildman–Crippen LogP) is 2.41. The van der Waals surface area contributed by atoms with Crippen molar-refractivity contribution in [1.29, 1.82) is 0 Å². The number of nitrogens with zero attached hydrogens (tertiary/aromatic N) is 2. The molecule has 0 spiro atoms. The lowest BCUT2D eigenvalue weighted by Gasteiger charge is -2.07. The van der Waals surface area contributed by atoms with E-state index in [0.717, 1.165) is 6.54 Å². The topological polar surface area (TPSA) is 27.1 Å². The van der Waals surface area contributed by atoms with Gasteiger partial charge in [0, 0.05) is 12.4 Å². The van der Waals surface area contributed by atoms with Crippen molar-refractivity contribution in [2.75, 3.05) is 6.61 Å². The number of hydrogen-bond acceptors (Lipinski definition) is 2. The van der Waals surface area contributed by atoms with Crippen LogP contribution in [0, 0.1) is 12.7 Å². The van der Waals surface area contributed by atoms with Crippen molar-refractivity contribution in [2.45, 2.75) is 13.5 Å². The minimum Gasteiger partial charge on any atom is -0.492 e. The minimum atomic E-state index is -0.207. The monoisotopic (exact) mass is 220 g/mol. The highest BCUT2D eigenvalue weighted by Gasteiger charge is 1.99. The number of ether oxygens (including phenoxy) is 1. The Kier molecular flexibility index (Phi) is 3.19. The molecule has 1 aromatic carbocycles. The summed E-state index contributed by atoms with van der Waals surface area (Å²) < 4.78 is 20.4. The molecule has 0 aliphatic heterocycles. The third kappa shape index (κ3) is 2.59.